The number of aliphatic hydroxyl groups excluding tert-OH is 5. The summed E-state index contributed by atoms with van der Waals surface area (Å²) in [5.41, 5.74) is 0. The number of hydrogen-bond donors (Lipinski definition) is 5. The Balaban J connectivity index is 2.85. The molecule has 5 N–H and O–H groups in total. The van der Waals surface area contributed by atoms with Gasteiger partial charge in [0.05, 0.1) is 6.10 Å². The number of hydrogen-bond acceptors (Lipinski definition) is 7. The van der Waals surface area contributed by atoms with Crippen molar-refractivity contribution in [3.63, 3.8) is 0 Å². The standard InChI is InChI=1S/C15H22F9NO6/c1-2-25(5-7-8(27)9(28)10(29)11(30)31-7)4-6(26)3-12(16,17)13(18,19)14(20,21)15(22,23)24/h6-11,26-30H,2-5H2,1H3/t6?,7-,8+,9+,10-,11?/m1/s1. The molecule has 1 aliphatic rings. The van der Waals surface area contributed by atoms with Crippen LogP contribution in [0.4, 0.5) is 39.5 Å². The molecule has 1 fully saturated rings. The third-order valence-electron chi connectivity index (χ3n) is 4.74. The van der Waals surface area contributed by atoms with Gasteiger partial charge in [-0.15, -0.1) is 0 Å². The van der Waals surface area contributed by atoms with Gasteiger partial charge in [-0.2, -0.15) is 39.5 Å². The topological polar surface area (TPSA) is 114 Å². The number of ether oxygens (including phenoxy) is 1. The number of alkyl halides is 9. The molecular formula is C15H22F9NO6. The Morgan fingerprint density at radius 1 is 0.839 bits per heavy atom. The molecule has 0 radical (unpaired) electrons. The van der Waals surface area contributed by atoms with Crippen LogP contribution in [0.15, 0.2) is 0 Å². The predicted octanol–water partition coefficient (Wildman–Crippen LogP) is 0.327. The van der Waals surface area contributed by atoms with Gasteiger partial charge in [0.25, 0.3) is 0 Å². The molecule has 0 spiro atoms. The van der Waals surface area contributed by atoms with E-state index in [0.29, 0.717) is 0 Å². The van der Waals surface area contributed by atoms with Gasteiger partial charge in [0.15, 0.2) is 6.29 Å². The third kappa shape index (κ3) is 5.72. The Bertz CT molecular complexity index is 594. The molecule has 0 aromatic heterocycles. The van der Waals surface area contributed by atoms with Crippen LogP contribution in [0.3, 0.4) is 0 Å². The first-order valence-corrected chi connectivity index (χ1v) is 8.78. The predicted molar refractivity (Wildman–Crippen MR) is 82.5 cm³/mol. The summed E-state index contributed by atoms with van der Waals surface area (Å²) in [4.78, 5) is 0.950. The van der Waals surface area contributed by atoms with E-state index in [9.17, 15) is 65.0 Å². The highest BCUT2D eigenvalue weighted by Gasteiger charge is 2.81. The van der Waals surface area contributed by atoms with Gasteiger partial charge in [-0.1, -0.05) is 6.92 Å². The van der Waals surface area contributed by atoms with Crippen molar-refractivity contribution in [2.24, 2.45) is 0 Å². The maximum Gasteiger partial charge on any atom is 0.460 e. The lowest BCUT2D eigenvalue weighted by Crippen LogP contribution is -2.62. The summed E-state index contributed by atoms with van der Waals surface area (Å²) in [6.45, 7) is -0.301. The number of aliphatic hydroxyl groups is 5. The Labute approximate surface area is 169 Å². The van der Waals surface area contributed by atoms with Crippen molar-refractivity contribution in [3.05, 3.63) is 0 Å². The highest BCUT2D eigenvalue weighted by Crippen LogP contribution is 2.54. The molecule has 0 aliphatic carbocycles. The van der Waals surface area contributed by atoms with Gasteiger partial charge in [-0.05, 0) is 6.54 Å². The second-order valence-electron chi connectivity index (χ2n) is 7.10. The van der Waals surface area contributed by atoms with E-state index in [1.54, 1.807) is 0 Å². The molecule has 1 heterocycles. The largest absolute Gasteiger partial charge is 0.460 e. The lowest BCUT2D eigenvalue weighted by Gasteiger charge is -2.40. The van der Waals surface area contributed by atoms with Gasteiger partial charge in [0.1, 0.15) is 24.4 Å². The van der Waals surface area contributed by atoms with Crippen molar-refractivity contribution in [2.75, 3.05) is 19.6 Å². The molecular weight excluding hydrogens is 461 g/mol. The number of nitrogens with zero attached hydrogens (tertiary/aromatic N) is 1. The van der Waals surface area contributed by atoms with Gasteiger partial charge in [-0.25, -0.2) is 0 Å². The van der Waals surface area contributed by atoms with Crippen molar-refractivity contribution < 1.29 is 69.8 Å². The van der Waals surface area contributed by atoms with E-state index in [1.165, 1.54) is 6.92 Å². The molecule has 1 saturated heterocycles. The highest BCUT2D eigenvalue weighted by atomic mass is 19.4. The lowest BCUT2D eigenvalue weighted by atomic mass is 9.97. The van der Waals surface area contributed by atoms with Crippen LogP contribution in [0.1, 0.15) is 13.3 Å². The van der Waals surface area contributed by atoms with Crippen molar-refractivity contribution in [2.45, 2.75) is 74.1 Å². The molecule has 31 heavy (non-hydrogen) atoms. The molecule has 1 aliphatic heterocycles. The van der Waals surface area contributed by atoms with Crippen LogP contribution < -0.4 is 0 Å². The summed E-state index contributed by atoms with van der Waals surface area (Å²) in [7, 11) is 0. The van der Waals surface area contributed by atoms with Crippen molar-refractivity contribution >= 4 is 0 Å². The van der Waals surface area contributed by atoms with Gasteiger partial charge >= 0.3 is 23.9 Å². The molecule has 7 nitrogen and oxygen atoms in total. The zero-order valence-electron chi connectivity index (χ0n) is 15.8. The summed E-state index contributed by atoms with van der Waals surface area (Å²) in [5, 5.41) is 47.8. The van der Waals surface area contributed by atoms with Gasteiger partial charge in [0.2, 0.25) is 0 Å². The molecule has 16 heteroatoms. The van der Waals surface area contributed by atoms with Gasteiger partial charge in [-0.3, -0.25) is 4.90 Å². The first-order valence-electron chi connectivity index (χ1n) is 8.78. The van der Waals surface area contributed by atoms with E-state index in [0.717, 1.165) is 4.90 Å². The number of likely N-dealkylation sites (N-methyl/N-ethyl adjacent to an activating group) is 1. The molecule has 0 aromatic rings. The van der Waals surface area contributed by atoms with Crippen LogP contribution >= 0.6 is 0 Å². The first-order chi connectivity index (χ1) is 13.8. The number of halogens is 9. The monoisotopic (exact) mass is 483 g/mol. The second kappa shape index (κ2) is 9.52. The minimum absolute atomic E-state index is 0.154. The lowest BCUT2D eigenvalue weighted by molar-refractivity contribution is -0.398. The van der Waals surface area contributed by atoms with E-state index >= 15 is 0 Å². The smallest absolute Gasteiger partial charge is 0.392 e. The summed E-state index contributed by atoms with van der Waals surface area (Å²) in [5.74, 6) is -19.9. The maximum absolute atomic E-state index is 13.6. The van der Waals surface area contributed by atoms with Crippen LogP contribution in [0.25, 0.3) is 0 Å². The van der Waals surface area contributed by atoms with Gasteiger partial charge < -0.3 is 30.3 Å². The minimum atomic E-state index is -7.07. The van der Waals surface area contributed by atoms with Crippen molar-refractivity contribution in [1.29, 1.82) is 0 Å². The first kappa shape index (κ1) is 28.1. The van der Waals surface area contributed by atoms with E-state index in [-0.39, 0.29) is 6.54 Å². The van der Waals surface area contributed by atoms with Crippen LogP contribution in [0.2, 0.25) is 0 Å². The zero-order chi connectivity index (χ0) is 24.6. The zero-order valence-corrected chi connectivity index (χ0v) is 15.8. The third-order valence-corrected chi connectivity index (χ3v) is 4.74. The summed E-state index contributed by atoms with van der Waals surface area (Å²) in [6.07, 6.45) is -20.9. The summed E-state index contributed by atoms with van der Waals surface area (Å²) in [6, 6.07) is 0. The molecule has 0 saturated carbocycles. The van der Waals surface area contributed by atoms with E-state index in [1.807, 2.05) is 0 Å². The van der Waals surface area contributed by atoms with Gasteiger partial charge in [0, 0.05) is 19.5 Å². The molecule has 0 aromatic carbocycles. The molecule has 0 amide bonds. The molecule has 186 valence electrons. The summed E-state index contributed by atoms with van der Waals surface area (Å²) < 4.78 is 121. The van der Waals surface area contributed by atoms with Crippen LogP contribution in [-0.4, -0.2) is 111 Å². The second-order valence-corrected chi connectivity index (χ2v) is 7.10. The number of rotatable bonds is 9. The fourth-order valence-electron chi connectivity index (χ4n) is 2.86. The van der Waals surface area contributed by atoms with Crippen LogP contribution in [0, 0.1) is 0 Å². The van der Waals surface area contributed by atoms with E-state index in [4.69, 9.17) is 4.74 Å². The maximum atomic E-state index is 13.6. The molecule has 1 rings (SSSR count). The summed E-state index contributed by atoms with van der Waals surface area (Å²) >= 11 is 0. The SMILES string of the molecule is CCN(CC(O)CC(F)(F)C(F)(F)C(F)(F)C(F)(F)F)C[C@H]1OC(O)[C@H](O)[C@@H](O)[C@H]1O. The normalized spacial score (nSPS) is 30.0. The average molecular weight is 483 g/mol. The highest BCUT2D eigenvalue weighted by molar-refractivity contribution is 5.01. The minimum Gasteiger partial charge on any atom is -0.392 e. The van der Waals surface area contributed by atoms with E-state index < -0.39 is 80.3 Å². The quantitative estimate of drug-likeness (QED) is 0.301. The Hall–Kier alpha value is -0.910. The van der Waals surface area contributed by atoms with E-state index in [2.05, 4.69) is 0 Å². The molecule has 6 atom stereocenters. The fourth-order valence-corrected chi connectivity index (χ4v) is 2.86. The van der Waals surface area contributed by atoms with Crippen LogP contribution in [0.5, 0.6) is 0 Å². The molecule has 2 unspecified atom stereocenters. The Morgan fingerprint density at radius 3 is 1.81 bits per heavy atom. The van der Waals surface area contributed by atoms with Crippen molar-refractivity contribution in [1.82, 2.24) is 4.90 Å². The van der Waals surface area contributed by atoms with Crippen molar-refractivity contribution in [3.8, 4) is 0 Å². The molecule has 0 bridgehead atoms. The fraction of sp³-hybridized carbons (Fsp3) is 1.00. The Kier molecular flexibility index (Phi) is 8.64. The average Bonchev–Trinajstić information content (AvgIpc) is 2.61. The van der Waals surface area contributed by atoms with Crippen LogP contribution in [-0.2, 0) is 4.74 Å². The Morgan fingerprint density at radius 2 is 1.35 bits per heavy atom.